The van der Waals surface area contributed by atoms with Gasteiger partial charge in [-0.15, -0.1) is 11.3 Å². The van der Waals surface area contributed by atoms with Gasteiger partial charge >= 0.3 is 0 Å². The van der Waals surface area contributed by atoms with Gasteiger partial charge in [0, 0.05) is 11.1 Å². The van der Waals surface area contributed by atoms with Crippen LogP contribution in [-0.2, 0) is 6.54 Å². The summed E-state index contributed by atoms with van der Waals surface area (Å²) in [7, 11) is 1.64. The van der Waals surface area contributed by atoms with Gasteiger partial charge in [0.1, 0.15) is 19.0 Å². The molecule has 3 heterocycles. The van der Waals surface area contributed by atoms with Crippen molar-refractivity contribution in [3.8, 4) is 33.4 Å². The first-order chi connectivity index (χ1) is 15.7. The zero-order valence-corrected chi connectivity index (χ0v) is 18.2. The van der Waals surface area contributed by atoms with Crippen LogP contribution < -0.4 is 19.5 Å². The van der Waals surface area contributed by atoms with Crippen molar-refractivity contribution in [2.45, 2.75) is 6.54 Å². The number of nitrogens with one attached hydrogen (secondary N) is 1. The number of nitrogens with zero attached hydrogens (tertiary/aromatic N) is 2. The number of thiophene rings is 1. The van der Waals surface area contributed by atoms with Crippen molar-refractivity contribution in [2.75, 3.05) is 20.3 Å². The number of ether oxygens (including phenoxy) is 3. The van der Waals surface area contributed by atoms with Crippen molar-refractivity contribution < 1.29 is 19.0 Å². The van der Waals surface area contributed by atoms with Crippen LogP contribution in [-0.4, -0.2) is 36.0 Å². The van der Waals surface area contributed by atoms with E-state index in [1.165, 1.54) is 11.3 Å². The van der Waals surface area contributed by atoms with E-state index in [2.05, 4.69) is 10.4 Å². The van der Waals surface area contributed by atoms with E-state index in [9.17, 15) is 4.79 Å². The number of benzene rings is 2. The molecule has 8 heteroatoms. The Hall–Kier alpha value is -3.78. The Bertz CT molecular complexity index is 1250. The Kier molecular flexibility index (Phi) is 5.51. The zero-order chi connectivity index (χ0) is 21.9. The lowest BCUT2D eigenvalue weighted by molar-refractivity contribution is 0.0954. The fourth-order valence-electron chi connectivity index (χ4n) is 3.40. The highest BCUT2D eigenvalue weighted by atomic mass is 32.1. The number of aromatic nitrogens is 2. The predicted molar refractivity (Wildman–Crippen MR) is 122 cm³/mol. The third-order valence-corrected chi connectivity index (χ3v) is 6.20. The monoisotopic (exact) mass is 447 g/mol. The Morgan fingerprint density at radius 2 is 1.88 bits per heavy atom. The van der Waals surface area contributed by atoms with E-state index in [1.807, 2.05) is 66.9 Å². The molecule has 0 fully saturated rings. The molecule has 0 aliphatic carbocycles. The molecule has 5 rings (SSSR count). The number of carbonyl (C=O) groups is 1. The van der Waals surface area contributed by atoms with E-state index in [4.69, 9.17) is 14.2 Å². The van der Waals surface area contributed by atoms with Crippen molar-refractivity contribution in [3.63, 3.8) is 0 Å². The van der Waals surface area contributed by atoms with E-state index in [0.717, 1.165) is 39.1 Å². The quantitative estimate of drug-likeness (QED) is 0.477. The van der Waals surface area contributed by atoms with E-state index < -0.39 is 0 Å². The number of hydrogen-bond donors (Lipinski definition) is 1. The third kappa shape index (κ3) is 4.17. The molecule has 7 nitrogen and oxygen atoms in total. The molecule has 4 aromatic rings. The molecule has 2 aromatic heterocycles. The molecule has 1 N–H and O–H groups in total. The van der Waals surface area contributed by atoms with E-state index in [0.29, 0.717) is 24.6 Å². The van der Waals surface area contributed by atoms with Crippen LogP contribution in [0.2, 0.25) is 0 Å². The van der Waals surface area contributed by atoms with Gasteiger partial charge in [0.25, 0.3) is 5.91 Å². The summed E-state index contributed by atoms with van der Waals surface area (Å²) in [4.78, 5) is 14.3. The second-order valence-corrected chi connectivity index (χ2v) is 8.24. The summed E-state index contributed by atoms with van der Waals surface area (Å²) < 4.78 is 18.2. The Balaban J connectivity index is 1.23. The van der Waals surface area contributed by atoms with E-state index in [-0.39, 0.29) is 5.91 Å². The molecule has 1 amide bonds. The number of fused-ring (bicyclic) bond motifs is 1. The summed E-state index contributed by atoms with van der Waals surface area (Å²) in [6.45, 7) is 1.45. The summed E-state index contributed by atoms with van der Waals surface area (Å²) in [6, 6.07) is 19.1. The maximum atomic E-state index is 12.6. The highest BCUT2D eigenvalue weighted by Gasteiger charge is 2.15. The van der Waals surface area contributed by atoms with Gasteiger partial charge < -0.3 is 19.5 Å². The minimum Gasteiger partial charge on any atom is -0.497 e. The number of carbonyl (C=O) groups excluding carboxylic acids is 1. The average molecular weight is 448 g/mol. The van der Waals surface area contributed by atoms with Crippen molar-refractivity contribution >= 4 is 17.2 Å². The molecule has 2 aromatic carbocycles. The number of rotatable bonds is 6. The molecule has 32 heavy (non-hydrogen) atoms. The lowest BCUT2D eigenvalue weighted by Crippen LogP contribution is -2.22. The largest absolute Gasteiger partial charge is 0.497 e. The summed E-state index contributed by atoms with van der Waals surface area (Å²) in [6.07, 6.45) is 1.87. The van der Waals surface area contributed by atoms with Gasteiger partial charge in [0.05, 0.1) is 29.9 Å². The fraction of sp³-hybridized carbons (Fsp3) is 0.167. The molecule has 0 saturated carbocycles. The third-order valence-electron chi connectivity index (χ3n) is 5.07. The van der Waals surface area contributed by atoms with E-state index >= 15 is 0 Å². The van der Waals surface area contributed by atoms with Gasteiger partial charge in [0.15, 0.2) is 11.5 Å². The van der Waals surface area contributed by atoms with E-state index in [1.54, 1.807) is 11.8 Å². The van der Waals surface area contributed by atoms with Crippen molar-refractivity contribution in [2.24, 2.45) is 0 Å². The molecule has 0 unspecified atom stereocenters. The van der Waals surface area contributed by atoms with Crippen molar-refractivity contribution in [1.82, 2.24) is 15.1 Å². The number of methoxy groups -OCH3 is 1. The van der Waals surface area contributed by atoms with Crippen LogP contribution in [0, 0.1) is 0 Å². The number of hydrogen-bond acceptors (Lipinski definition) is 6. The van der Waals surface area contributed by atoms with Crippen LogP contribution >= 0.6 is 11.3 Å². The SMILES string of the molecule is COc1ccc(-n2ccc(CNC(=O)c3ccc(-c4ccc5c(c4)OCCO5)s3)n2)cc1. The first kappa shape index (κ1) is 20.1. The second kappa shape index (κ2) is 8.76. The molecule has 0 atom stereocenters. The van der Waals surface area contributed by atoms with Crippen molar-refractivity contribution in [3.05, 3.63) is 77.4 Å². The van der Waals surface area contributed by atoms with Gasteiger partial charge in [-0.05, 0) is 66.2 Å². The van der Waals surface area contributed by atoms with Crippen LogP contribution in [0.5, 0.6) is 17.2 Å². The Morgan fingerprint density at radius 1 is 1.06 bits per heavy atom. The maximum absolute atomic E-state index is 12.6. The van der Waals surface area contributed by atoms with Gasteiger partial charge in [0.2, 0.25) is 0 Å². The summed E-state index contributed by atoms with van der Waals surface area (Å²) in [5.74, 6) is 2.15. The molecule has 0 spiro atoms. The average Bonchev–Trinajstić information content (AvgIpc) is 3.53. The first-order valence-corrected chi connectivity index (χ1v) is 11.0. The highest BCUT2D eigenvalue weighted by molar-refractivity contribution is 7.17. The smallest absolute Gasteiger partial charge is 0.261 e. The second-order valence-electron chi connectivity index (χ2n) is 7.15. The van der Waals surface area contributed by atoms with Crippen molar-refractivity contribution in [1.29, 1.82) is 0 Å². The molecule has 162 valence electrons. The lowest BCUT2D eigenvalue weighted by Gasteiger charge is -2.18. The minimum atomic E-state index is -0.127. The topological polar surface area (TPSA) is 74.6 Å². The van der Waals surface area contributed by atoms with Crippen LogP contribution in [0.1, 0.15) is 15.4 Å². The summed E-state index contributed by atoms with van der Waals surface area (Å²) in [5.41, 5.74) is 2.69. The van der Waals surface area contributed by atoms with Crippen LogP contribution in [0.25, 0.3) is 16.1 Å². The summed E-state index contributed by atoms with van der Waals surface area (Å²) >= 11 is 1.44. The minimum absolute atomic E-state index is 0.127. The van der Waals surface area contributed by atoms with Crippen LogP contribution in [0.4, 0.5) is 0 Å². The van der Waals surface area contributed by atoms with Crippen LogP contribution in [0.15, 0.2) is 66.9 Å². The number of amides is 1. The Labute approximate surface area is 189 Å². The van der Waals surface area contributed by atoms with Gasteiger partial charge in [-0.1, -0.05) is 0 Å². The highest BCUT2D eigenvalue weighted by Crippen LogP contribution is 2.36. The lowest BCUT2D eigenvalue weighted by atomic mass is 10.1. The fourth-order valence-corrected chi connectivity index (χ4v) is 4.32. The maximum Gasteiger partial charge on any atom is 0.261 e. The molecule has 0 bridgehead atoms. The van der Waals surface area contributed by atoms with Gasteiger partial charge in [-0.25, -0.2) is 4.68 Å². The molecule has 1 aliphatic heterocycles. The molecular weight excluding hydrogens is 426 g/mol. The molecule has 1 aliphatic rings. The van der Waals surface area contributed by atoms with Gasteiger partial charge in [-0.2, -0.15) is 5.10 Å². The normalized spacial score (nSPS) is 12.4. The Morgan fingerprint density at radius 3 is 2.69 bits per heavy atom. The molecule has 0 saturated heterocycles. The summed E-state index contributed by atoms with van der Waals surface area (Å²) in [5, 5.41) is 7.48. The molecular formula is C24H21N3O4S. The first-order valence-electron chi connectivity index (χ1n) is 10.2. The van der Waals surface area contributed by atoms with Gasteiger partial charge in [-0.3, -0.25) is 4.79 Å². The molecule has 0 radical (unpaired) electrons. The predicted octanol–water partition coefficient (Wildman–Crippen LogP) is 4.31. The standard InChI is InChI=1S/C24H21N3O4S/c1-29-19-5-3-18(4-6-19)27-11-10-17(26-27)15-25-24(28)23-9-8-22(32-23)16-2-7-20-21(14-16)31-13-12-30-20/h2-11,14H,12-13,15H2,1H3,(H,25,28). The van der Waals surface area contributed by atoms with Crippen LogP contribution in [0.3, 0.4) is 0 Å². The zero-order valence-electron chi connectivity index (χ0n) is 17.4.